The lowest BCUT2D eigenvalue weighted by Gasteiger charge is -2.04. The Morgan fingerprint density at radius 1 is 1.27 bits per heavy atom. The molecule has 80 valence electrons. The summed E-state index contributed by atoms with van der Waals surface area (Å²) in [6.07, 6.45) is 8.75. The maximum Gasteiger partial charge on any atom is 0.181 e. The second-order valence-corrected chi connectivity index (χ2v) is 5.09. The van der Waals surface area contributed by atoms with Crippen LogP contribution in [-0.4, -0.2) is 6.71 Å². The van der Waals surface area contributed by atoms with Crippen LogP contribution in [0.3, 0.4) is 0 Å². The van der Waals surface area contributed by atoms with Crippen LogP contribution in [0.2, 0.25) is 11.6 Å². The maximum absolute atomic E-state index is 4.09. The van der Waals surface area contributed by atoms with Gasteiger partial charge in [0, 0.05) is 0 Å². The fraction of sp³-hybridized carbons (Fsp3) is 0.571. The van der Waals surface area contributed by atoms with Gasteiger partial charge in [0.1, 0.15) is 0 Å². The Morgan fingerprint density at radius 2 is 1.80 bits per heavy atom. The van der Waals surface area contributed by atoms with E-state index >= 15 is 0 Å². The number of unbranched alkanes of at least 4 members (excludes halogenated alkanes) is 2. The molecule has 0 saturated heterocycles. The minimum atomic E-state index is 0.738. The quantitative estimate of drug-likeness (QED) is 0.338. The van der Waals surface area contributed by atoms with E-state index in [4.69, 9.17) is 0 Å². The summed E-state index contributed by atoms with van der Waals surface area (Å²) in [5.41, 5.74) is 2.92. The van der Waals surface area contributed by atoms with Crippen molar-refractivity contribution in [1.29, 1.82) is 0 Å². The van der Waals surface area contributed by atoms with Gasteiger partial charge in [-0.05, 0) is 30.9 Å². The standard InChI is InChI=1S/C14H21B/c1-4-5-6-7-8-15(13-9-11(13)2)14-10-12(14)3/h7-8,13-14H,2-6,9-10H2,1H3/b8-7+. The van der Waals surface area contributed by atoms with Crippen LogP contribution in [0.25, 0.3) is 0 Å². The van der Waals surface area contributed by atoms with Gasteiger partial charge in [0.2, 0.25) is 0 Å². The number of hydrogen-bond donors (Lipinski definition) is 0. The van der Waals surface area contributed by atoms with Crippen molar-refractivity contribution in [2.75, 3.05) is 0 Å². The third kappa shape index (κ3) is 2.65. The highest BCUT2D eigenvalue weighted by Crippen LogP contribution is 2.57. The topological polar surface area (TPSA) is 0 Å². The molecule has 2 aliphatic carbocycles. The van der Waals surface area contributed by atoms with Crippen molar-refractivity contribution in [2.45, 2.75) is 50.7 Å². The predicted octanol–water partition coefficient (Wildman–Crippen LogP) is 4.43. The van der Waals surface area contributed by atoms with Crippen molar-refractivity contribution in [1.82, 2.24) is 0 Å². The van der Waals surface area contributed by atoms with Crippen LogP contribution < -0.4 is 0 Å². The van der Waals surface area contributed by atoms with Gasteiger partial charge in [0.15, 0.2) is 6.71 Å². The Hall–Kier alpha value is -0.715. The van der Waals surface area contributed by atoms with Gasteiger partial charge < -0.3 is 0 Å². The predicted molar refractivity (Wildman–Crippen MR) is 69.4 cm³/mol. The molecule has 0 aromatic carbocycles. The summed E-state index contributed by atoms with van der Waals surface area (Å²) < 4.78 is 0. The van der Waals surface area contributed by atoms with E-state index < -0.39 is 0 Å². The molecule has 0 spiro atoms. The van der Waals surface area contributed by atoms with E-state index in [1.165, 1.54) is 43.3 Å². The summed E-state index contributed by atoms with van der Waals surface area (Å²) in [4.78, 5) is 0. The molecule has 0 bridgehead atoms. The van der Waals surface area contributed by atoms with Gasteiger partial charge in [-0.25, -0.2) is 0 Å². The van der Waals surface area contributed by atoms with Gasteiger partial charge in [0.25, 0.3) is 0 Å². The number of allylic oxidation sites excluding steroid dienone is 3. The maximum atomic E-state index is 4.09. The lowest BCUT2D eigenvalue weighted by atomic mass is 9.41. The van der Waals surface area contributed by atoms with E-state index in [9.17, 15) is 0 Å². The molecule has 2 saturated carbocycles. The first kappa shape index (κ1) is 10.8. The number of rotatable bonds is 6. The summed E-state index contributed by atoms with van der Waals surface area (Å²) in [6.45, 7) is 11.2. The molecule has 0 aliphatic heterocycles. The summed E-state index contributed by atoms with van der Waals surface area (Å²) in [5, 5.41) is 0. The Bertz CT molecular complexity index is 278. The third-order valence-corrected chi connectivity index (χ3v) is 3.70. The molecule has 1 heteroatoms. The molecule has 2 rings (SSSR count). The molecule has 0 nitrogen and oxygen atoms in total. The summed E-state index contributed by atoms with van der Waals surface area (Å²) in [6, 6.07) is 0. The molecular weight excluding hydrogens is 179 g/mol. The molecule has 2 fully saturated rings. The monoisotopic (exact) mass is 200 g/mol. The molecule has 2 atom stereocenters. The van der Waals surface area contributed by atoms with Crippen LogP contribution in [0.15, 0.2) is 36.4 Å². The van der Waals surface area contributed by atoms with Crippen molar-refractivity contribution < 1.29 is 0 Å². The van der Waals surface area contributed by atoms with E-state index in [0.29, 0.717) is 0 Å². The molecule has 0 aromatic heterocycles. The van der Waals surface area contributed by atoms with Crippen molar-refractivity contribution in [2.24, 2.45) is 0 Å². The van der Waals surface area contributed by atoms with E-state index in [2.05, 4.69) is 32.1 Å². The SMILES string of the molecule is C=C1CC1B(/C=C/CCCC)C1CC1=C. The minimum absolute atomic E-state index is 0.738. The first-order chi connectivity index (χ1) is 7.24. The van der Waals surface area contributed by atoms with E-state index in [-0.39, 0.29) is 0 Å². The van der Waals surface area contributed by atoms with Gasteiger partial charge in [-0.3, -0.25) is 0 Å². The van der Waals surface area contributed by atoms with Crippen LogP contribution in [-0.2, 0) is 0 Å². The number of hydrogen-bond acceptors (Lipinski definition) is 0. The highest BCUT2D eigenvalue weighted by atomic mass is 14.3. The van der Waals surface area contributed by atoms with Crippen LogP contribution in [0.1, 0.15) is 39.0 Å². The zero-order valence-electron chi connectivity index (χ0n) is 9.84. The zero-order chi connectivity index (χ0) is 10.8. The molecule has 0 heterocycles. The van der Waals surface area contributed by atoms with Crippen LogP contribution in [0.5, 0.6) is 0 Å². The van der Waals surface area contributed by atoms with Crippen molar-refractivity contribution >= 4 is 6.71 Å². The molecular formula is C14H21B. The molecule has 0 aromatic rings. The highest BCUT2D eigenvalue weighted by molar-refractivity contribution is 6.71. The second-order valence-electron chi connectivity index (χ2n) is 5.09. The zero-order valence-corrected chi connectivity index (χ0v) is 9.84. The van der Waals surface area contributed by atoms with Crippen LogP contribution in [0.4, 0.5) is 0 Å². The first-order valence-corrected chi connectivity index (χ1v) is 6.26. The lowest BCUT2D eigenvalue weighted by Crippen LogP contribution is -2.09. The normalized spacial score (nSPS) is 28.6. The smallest absolute Gasteiger partial charge is 0.118 e. The molecule has 0 radical (unpaired) electrons. The fourth-order valence-corrected chi connectivity index (χ4v) is 2.39. The molecule has 0 N–H and O–H groups in total. The first-order valence-electron chi connectivity index (χ1n) is 6.26. The Morgan fingerprint density at radius 3 is 2.20 bits per heavy atom. The van der Waals surface area contributed by atoms with Gasteiger partial charge >= 0.3 is 0 Å². The fourth-order valence-electron chi connectivity index (χ4n) is 2.39. The van der Waals surface area contributed by atoms with E-state index in [1.54, 1.807) is 0 Å². The van der Waals surface area contributed by atoms with Gasteiger partial charge in [-0.15, -0.1) is 19.1 Å². The highest BCUT2D eigenvalue weighted by Gasteiger charge is 2.47. The summed E-state index contributed by atoms with van der Waals surface area (Å²) >= 11 is 0. The van der Waals surface area contributed by atoms with Crippen LogP contribution >= 0.6 is 0 Å². The Kier molecular flexibility index (Phi) is 3.18. The van der Waals surface area contributed by atoms with Gasteiger partial charge in [-0.2, -0.15) is 0 Å². The second kappa shape index (κ2) is 4.43. The molecule has 15 heavy (non-hydrogen) atoms. The average molecular weight is 200 g/mol. The van der Waals surface area contributed by atoms with E-state index in [0.717, 1.165) is 18.3 Å². The van der Waals surface area contributed by atoms with Crippen molar-refractivity contribution in [3.05, 3.63) is 36.4 Å². The van der Waals surface area contributed by atoms with Gasteiger partial charge in [-0.1, -0.05) is 37.0 Å². The average Bonchev–Trinajstić information content (AvgIpc) is 3.08. The molecule has 2 aliphatic rings. The lowest BCUT2D eigenvalue weighted by molar-refractivity contribution is 0.815. The third-order valence-electron chi connectivity index (χ3n) is 3.70. The molecule has 2 unspecified atom stereocenters. The summed E-state index contributed by atoms with van der Waals surface area (Å²) in [5.74, 6) is 4.01. The van der Waals surface area contributed by atoms with Crippen molar-refractivity contribution in [3.8, 4) is 0 Å². The summed E-state index contributed by atoms with van der Waals surface area (Å²) in [7, 11) is 0. The minimum Gasteiger partial charge on any atom is -0.118 e. The Balaban J connectivity index is 1.86. The van der Waals surface area contributed by atoms with Gasteiger partial charge in [0.05, 0.1) is 0 Å². The van der Waals surface area contributed by atoms with Crippen molar-refractivity contribution in [3.63, 3.8) is 0 Å². The van der Waals surface area contributed by atoms with Crippen LogP contribution in [0, 0.1) is 0 Å². The largest absolute Gasteiger partial charge is 0.181 e. The molecule has 0 amide bonds. The van der Waals surface area contributed by atoms with E-state index in [1.807, 2.05) is 0 Å². The Labute approximate surface area is 94.2 Å².